The normalized spacial score (nSPS) is 12.7. The van der Waals surface area contributed by atoms with Crippen LogP contribution in [0.2, 0.25) is 5.02 Å². The number of nitrogens with one attached hydrogen (secondary N) is 1. The first-order valence-corrected chi connectivity index (χ1v) is 6.88. The number of hydrazine groups is 1. The van der Waals surface area contributed by atoms with Gasteiger partial charge in [-0.1, -0.05) is 17.7 Å². The van der Waals surface area contributed by atoms with Crippen molar-refractivity contribution in [2.24, 2.45) is 5.84 Å². The lowest BCUT2D eigenvalue weighted by atomic mass is 10.0. The van der Waals surface area contributed by atoms with Crippen molar-refractivity contribution in [2.45, 2.75) is 6.04 Å². The molecule has 1 atom stereocenters. The van der Waals surface area contributed by atoms with Gasteiger partial charge in [0.05, 0.1) is 6.04 Å². The molecule has 90 valence electrons. The molecule has 2 nitrogen and oxygen atoms in total. The molecule has 0 radical (unpaired) electrons. The lowest BCUT2D eigenvalue weighted by Crippen LogP contribution is -2.29. The summed E-state index contributed by atoms with van der Waals surface area (Å²) in [4.78, 5) is 0. The lowest BCUT2D eigenvalue weighted by Gasteiger charge is -2.18. The summed E-state index contributed by atoms with van der Waals surface area (Å²) < 4.78 is 14.7. The van der Waals surface area contributed by atoms with Crippen LogP contribution in [0.3, 0.4) is 0 Å². The number of thiophene rings is 1. The van der Waals surface area contributed by atoms with Crippen molar-refractivity contribution in [3.63, 3.8) is 0 Å². The van der Waals surface area contributed by atoms with E-state index in [4.69, 9.17) is 17.4 Å². The highest BCUT2D eigenvalue weighted by molar-refractivity contribution is 9.10. The second kappa shape index (κ2) is 5.46. The van der Waals surface area contributed by atoms with Crippen LogP contribution in [0.1, 0.15) is 17.2 Å². The van der Waals surface area contributed by atoms with E-state index < -0.39 is 6.04 Å². The highest BCUT2D eigenvalue weighted by Gasteiger charge is 2.22. The second-order valence-electron chi connectivity index (χ2n) is 3.41. The minimum atomic E-state index is -0.468. The van der Waals surface area contributed by atoms with Crippen LogP contribution >= 0.6 is 38.9 Å². The summed E-state index contributed by atoms with van der Waals surface area (Å²) in [5.74, 6) is 5.13. The summed E-state index contributed by atoms with van der Waals surface area (Å²) in [7, 11) is 0. The van der Waals surface area contributed by atoms with E-state index in [1.54, 1.807) is 12.1 Å². The fraction of sp³-hybridized carbons (Fsp3) is 0.0909. The van der Waals surface area contributed by atoms with Crippen molar-refractivity contribution in [2.75, 3.05) is 0 Å². The largest absolute Gasteiger partial charge is 0.271 e. The molecule has 1 unspecified atom stereocenters. The molecule has 0 bridgehead atoms. The van der Waals surface area contributed by atoms with E-state index in [0.717, 1.165) is 10.0 Å². The fourth-order valence-corrected chi connectivity index (χ4v) is 3.44. The van der Waals surface area contributed by atoms with Gasteiger partial charge in [-0.15, -0.1) is 0 Å². The zero-order chi connectivity index (χ0) is 12.4. The van der Waals surface area contributed by atoms with Gasteiger partial charge in [-0.3, -0.25) is 5.84 Å². The Bertz CT molecular complexity index is 512. The van der Waals surface area contributed by atoms with Crippen molar-refractivity contribution >= 4 is 38.9 Å². The molecule has 17 heavy (non-hydrogen) atoms. The van der Waals surface area contributed by atoms with Gasteiger partial charge < -0.3 is 0 Å². The Morgan fingerprint density at radius 1 is 1.41 bits per heavy atom. The number of halogens is 3. The van der Waals surface area contributed by atoms with Gasteiger partial charge in [-0.25, -0.2) is 9.82 Å². The van der Waals surface area contributed by atoms with Crippen LogP contribution in [0.4, 0.5) is 4.39 Å². The summed E-state index contributed by atoms with van der Waals surface area (Å²) in [5, 5.41) is 4.16. The Morgan fingerprint density at radius 3 is 2.71 bits per heavy atom. The van der Waals surface area contributed by atoms with Crippen molar-refractivity contribution in [1.82, 2.24) is 5.43 Å². The Morgan fingerprint density at radius 2 is 2.18 bits per heavy atom. The highest BCUT2D eigenvalue weighted by atomic mass is 79.9. The van der Waals surface area contributed by atoms with E-state index in [1.807, 2.05) is 10.8 Å². The first-order valence-electron chi connectivity index (χ1n) is 4.76. The number of hydrogen-bond acceptors (Lipinski definition) is 3. The van der Waals surface area contributed by atoms with E-state index in [-0.39, 0.29) is 5.82 Å². The van der Waals surface area contributed by atoms with Gasteiger partial charge in [0.25, 0.3) is 0 Å². The SMILES string of the molecule is NNC(c1cscc1Br)c1c(F)cccc1Cl. The molecular formula is C11H9BrClFN2S. The predicted molar refractivity (Wildman–Crippen MR) is 72.6 cm³/mol. The van der Waals surface area contributed by atoms with E-state index in [1.165, 1.54) is 17.4 Å². The van der Waals surface area contributed by atoms with E-state index in [9.17, 15) is 4.39 Å². The fourth-order valence-electron chi connectivity index (χ4n) is 1.61. The molecule has 0 aliphatic heterocycles. The van der Waals surface area contributed by atoms with Crippen molar-refractivity contribution in [1.29, 1.82) is 0 Å². The Kier molecular flexibility index (Phi) is 4.17. The van der Waals surface area contributed by atoms with Crippen LogP contribution < -0.4 is 11.3 Å². The van der Waals surface area contributed by atoms with Gasteiger partial charge in [0.15, 0.2) is 0 Å². The van der Waals surface area contributed by atoms with Crippen LogP contribution in [0, 0.1) is 5.82 Å². The maximum atomic E-state index is 13.8. The third kappa shape index (κ3) is 2.53. The zero-order valence-electron chi connectivity index (χ0n) is 8.58. The first-order chi connectivity index (χ1) is 8.15. The standard InChI is InChI=1S/C11H9BrClFN2S/c12-7-5-17-4-6(7)11(16-15)10-8(13)2-1-3-9(10)14/h1-5,11,16H,15H2. The third-order valence-electron chi connectivity index (χ3n) is 2.41. The minimum absolute atomic E-state index is 0.353. The molecule has 0 fully saturated rings. The van der Waals surface area contributed by atoms with Gasteiger partial charge in [-0.05, 0) is 39.0 Å². The lowest BCUT2D eigenvalue weighted by molar-refractivity contribution is 0.560. The van der Waals surface area contributed by atoms with Crippen LogP contribution in [-0.2, 0) is 0 Å². The van der Waals surface area contributed by atoms with Crippen molar-refractivity contribution in [3.05, 3.63) is 55.4 Å². The molecule has 2 rings (SSSR count). The van der Waals surface area contributed by atoms with Crippen LogP contribution in [-0.4, -0.2) is 0 Å². The van der Waals surface area contributed by atoms with Crippen LogP contribution in [0.25, 0.3) is 0 Å². The Balaban J connectivity index is 2.53. The topological polar surface area (TPSA) is 38.0 Å². The smallest absolute Gasteiger partial charge is 0.129 e. The van der Waals surface area contributed by atoms with E-state index in [2.05, 4.69) is 21.4 Å². The quantitative estimate of drug-likeness (QED) is 0.660. The minimum Gasteiger partial charge on any atom is -0.271 e. The predicted octanol–water partition coefficient (Wildman–Crippen LogP) is 3.86. The van der Waals surface area contributed by atoms with Gasteiger partial charge in [0.1, 0.15) is 5.82 Å². The second-order valence-corrected chi connectivity index (χ2v) is 5.42. The summed E-state index contributed by atoms with van der Waals surface area (Å²) in [6.45, 7) is 0. The molecule has 0 spiro atoms. The van der Waals surface area contributed by atoms with E-state index >= 15 is 0 Å². The van der Waals surface area contributed by atoms with Crippen LogP contribution in [0.5, 0.6) is 0 Å². The molecule has 1 aromatic carbocycles. The van der Waals surface area contributed by atoms with Crippen molar-refractivity contribution < 1.29 is 4.39 Å². The van der Waals surface area contributed by atoms with Gasteiger partial charge >= 0.3 is 0 Å². The summed E-state index contributed by atoms with van der Waals surface area (Å²) in [6.07, 6.45) is 0. The molecule has 0 amide bonds. The molecule has 0 saturated carbocycles. The molecule has 0 aliphatic rings. The van der Waals surface area contributed by atoms with E-state index in [0.29, 0.717) is 10.6 Å². The zero-order valence-corrected chi connectivity index (χ0v) is 11.7. The van der Waals surface area contributed by atoms with Crippen LogP contribution in [0.15, 0.2) is 33.4 Å². The number of rotatable bonds is 3. The monoisotopic (exact) mass is 334 g/mol. The first kappa shape index (κ1) is 13.0. The molecule has 3 N–H and O–H groups in total. The molecule has 2 aromatic rings. The Labute approximate surface area is 116 Å². The highest BCUT2D eigenvalue weighted by Crippen LogP contribution is 2.35. The summed E-state index contributed by atoms with van der Waals surface area (Å²) in [6, 6.07) is 4.11. The molecule has 6 heteroatoms. The summed E-state index contributed by atoms with van der Waals surface area (Å²) >= 11 is 10.9. The maximum Gasteiger partial charge on any atom is 0.129 e. The number of nitrogens with two attached hydrogens (primary N) is 1. The average Bonchev–Trinajstić information content (AvgIpc) is 2.70. The van der Waals surface area contributed by atoms with Gasteiger partial charge in [-0.2, -0.15) is 11.3 Å². The number of benzene rings is 1. The van der Waals surface area contributed by atoms with Gasteiger partial charge in [0.2, 0.25) is 0 Å². The maximum absolute atomic E-state index is 13.8. The molecule has 1 heterocycles. The third-order valence-corrected chi connectivity index (χ3v) is 4.49. The van der Waals surface area contributed by atoms with Gasteiger partial charge in [0, 0.05) is 20.4 Å². The summed E-state index contributed by atoms with van der Waals surface area (Å²) in [5.41, 5.74) is 3.82. The Hall–Kier alpha value is -0.460. The average molecular weight is 336 g/mol. The van der Waals surface area contributed by atoms with Crippen molar-refractivity contribution in [3.8, 4) is 0 Å². The molecule has 0 saturated heterocycles. The number of hydrogen-bond donors (Lipinski definition) is 2. The molecular weight excluding hydrogens is 327 g/mol. The molecule has 0 aliphatic carbocycles. The molecule has 1 aromatic heterocycles.